The van der Waals surface area contributed by atoms with Crippen LogP contribution in [0.5, 0.6) is 0 Å². The largest absolute Gasteiger partial charge is 0.420 e. The van der Waals surface area contributed by atoms with Crippen molar-refractivity contribution in [3.05, 3.63) is 83.6 Å². The summed E-state index contributed by atoms with van der Waals surface area (Å²) in [7, 11) is 0. The first-order valence-electron chi connectivity index (χ1n) is 7.93. The van der Waals surface area contributed by atoms with Gasteiger partial charge in [0.2, 0.25) is 0 Å². The van der Waals surface area contributed by atoms with Crippen molar-refractivity contribution in [2.45, 2.75) is 6.42 Å². The van der Waals surface area contributed by atoms with E-state index in [2.05, 4.69) is 6.58 Å². The quantitative estimate of drug-likeness (QED) is 0.347. The summed E-state index contributed by atoms with van der Waals surface area (Å²) in [6.07, 6.45) is -0.174. The third-order valence-electron chi connectivity index (χ3n) is 3.98. The predicted octanol–water partition coefficient (Wildman–Crippen LogP) is 2.61. The predicted molar refractivity (Wildman–Crippen MR) is 92.4 cm³/mol. The molecule has 6 heteroatoms. The van der Waals surface area contributed by atoms with E-state index >= 15 is 0 Å². The van der Waals surface area contributed by atoms with Gasteiger partial charge >= 0.3 is 5.97 Å². The molecule has 2 aromatic rings. The fourth-order valence-electron chi connectivity index (χ4n) is 2.60. The van der Waals surface area contributed by atoms with Crippen molar-refractivity contribution in [3.8, 4) is 0 Å². The number of benzene rings is 2. The van der Waals surface area contributed by atoms with Crippen LogP contribution in [0.15, 0.2) is 66.9 Å². The van der Waals surface area contributed by atoms with E-state index in [1.54, 1.807) is 54.6 Å². The molecule has 2 aromatic carbocycles. The van der Waals surface area contributed by atoms with Crippen LogP contribution in [0, 0.1) is 0 Å². The highest BCUT2D eigenvalue weighted by Gasteiger charge is 2.35. The Morgan fingerprint density at radius 3 is 2.00 bits per heavy atom. The molecule has 0 bridgehead atoms. The average Bonchev–Trinajstić information content (AvgIpc) is 2.91. The maximum Gasteiger partial charge on any atom is 0.343 e. The molecule has 0 unspecified atom stereocenters. The van der Waals surface area contributed by atoms with Gasteiger partial charge in [0.05, 0.1) is 16.7 Å². The molecule has 3 rings (SSSR count). The van der Waals surface area contributed by atoms with Gasteiger partial charge in [0, 0.05) is 13.0 Å². The third kappa shape index (κ3) is 3.30. The first kappa shape index (κ1) is 17.3. The molecular weight excluding hydrogens is 334 g/mol. The normalized spacial score (nSPS) is 12.7. The number of allylic oxidation sites excluding steroid dienone is 1. The second-order valence-corrected chi connectivity index (χ2v) is 5.66. The zero-order chi connectivity index (χ0) is 18.7. The Labute approximate surface area is 149 Å². The van der Waals surface area contributed by atoms with Crippen LogP contribution in [-0.4, -0.2) is 35.0 Å². The van der Waals surface area contributed by atoms with E-state index in [1.807, 2.05) is 0 Å². The molecule has 26 heavy (non-hydrogen) atoms. The van der Waals surface area contributed by atoms with Gasteiger partial charge in [-0.15, -0.1) is 0 Å². The average molecular weight is 349 g/mol. The van der Waals surface area contributed by atoms with E-state index in [9.17, 15) is 19.2 Å². The summed E-state index contributed by atoms with van der Waals surface area (Å²) in [6.45, 7) is 3.36. The molecule has 6 nitrogen and oxygen atoms in total. The second-order valence-electron chi connectivity index (χ2n) is 5.66. The lowest BCUT2D eigenvalue weighted by Gasteiger charge is -2.13. The molecule has 0 fully saturated rings. The summed E-state index contributed by atoms with van der Waals surface area (Å²) in [4.78, 5) is 49.5. The topological polar surface area (TPSA) is 80.8 Å². The number of esters is 1. The zero-order valence-corrected chi connectivity index (χ0v) is 13.8. The Hall–Kier alpha value is -3.54. The van der Waals surface area contributed by atoms with Crippen molar-refractivity contribution < 1.29 is 23.9 Å². The molecule has 1 heterocycles. The van der Waals surface area contributed by atoms with E-state index in [0.717, 1.165) is 4.90 Å². The van der Waals surface area contributed by atoms with Gasteiger partial charge in [-0.25, -0.2) is 4.79 Å². The second kappa shape index (κ2) is 7.14. The van der Waals surface area contributed by atoms with Crippen LogP contribution in [-0.2, 0) is 9.53 Å². The van der Waals surface area contributed by atoms with Crippen molar-refractivity contribution in [3.63, 3.8) is 0 Å². The minimum absolute atomic E-state index is 0.104. The number of ether oxygens (including phenoxy) is 1. The highest BCUT2D eigenvalue weighted by molar-refractivity contribution is 6.21. The minimum Gasteiger partial charge on any atom is -0.420 e. The van der Waals surface area contributed by atoms with Crippen LogP contribution >= 0.6 is 0 Å². The lowest BCUT2D eigenvalue weighted by molar-refractivity contribution is -0.118. The van der Waals surface area contributed by atoms with Crippen LogP contribution in [0.25, 0.3) is 0 Å². The summed E-state index contributed by atoms with van der Waals surface area (Å²) < 4.78 is 4.96. The summed E-state index contributed by atoms with van der Waals surface area (Å²) in [5.74, 6) is -2.44. The van der Waals surface area contributed by atoms with E-state index in [-0.39, 0.29) is 18.7 Å². The molecule has 0 N–H and O–H groups in total. The number of hydrogen-bond acceptors (Lipinski definition) is 5. The number of carbonyl (C=O) groups excluding carboxylic acids is 4. The third-order valence-corrected chi connectivity index (χ3v) is 3.98. The van der Waals surface area contributed by atoms with Crippen LogP contribution < -0.4 is 0 Å². The van der Waals surface area contributed by atoms with E-state index in [1.165, 1.54) is 0 Å². The number of ketones is 1. The lowest BCUT2D eigenvalue weighted by Crippen LogP contribution is -2.32. The number of fused-ring (bicyclic) bond motifs is 1. The summed E-state index contributed by atoms with van der Waals surface area (Å²) in [5.41, 5.74) is 0.931. The molecule has 0 aliphatic carbocycles. The van der Waals surface area contributed by atoms with Crippen molar-refractivity contribution in [2.24, 2.45) is 0 Å². The number of rotatable bonds is 6. The Morgan fingerprint density at radius 2 is 1.42 bits per heavy atom. The first-order chi connectivity index (χ1) is 12.5. The molecular formula is C20H15NO5. The van der Waals surface area contributed by atoms with Gasteiger partial charge < -0.3 is 4.74 Å². The van der Waals surface area contributed by atoms with Crippen molar-refractivity contribution >= 4 is 23.6 Å². The standard InChI is InChI=1S/C20H15NO5/c1-13(26-20(25)14-7-3-2-4-8-14)17(22)11-12-21-18(23)15-9-5-6-10-16(15)19(21)24/h2-10H,1,11-12H2. The van der Waals surface area contributed by atoms with E-state index in [4.69, 9.17) is 4.74 Å². The Kier molecular flexibility index (Phi) is 4.75. The van der Waals surface area contributed by atoms with Crippen LogP contribution in [0.1, 0.15) is 37.5 Å². The minimum atomic E-state index is -0.690. The molecule has 2 amide bonds. The van der Waals surface area contributed by atoms with E-state index < -0.39 is 23.6 Å². The number of nitrogens with zero attached hydrogens (tertiary/aromatic N) is 1. The van der Waals surface area contributed by atoms with Crippen molar-refractivity contribution in [1.29, 1.82) is 0 Å². The van der Waals surface area contributed by atoms with Gasteiger partial charge in [0.1, 0.15) is 0 Å². The fourth-order valence-corrected chi connectivity index (χ4v) is 2.60. The van der Waals surface area contributed by atoms with Gasteiger partial charge in [-0.2, -0.15) is 0 Å². The summed E-state index contributed by atoms with van der Waals surface area (Å²) >= 11 is 0. The highest BCUT2D eigenvalue weighted by atomic mass is 16.5. The molecule has 0 radical (unpaired) electrons. The van der Waals surface area contributed by atoms with Gasteiger partial charge in [-0.05, 0) is 24.3 Å². The SMILES string of the molecule is C=C(OC(=O)c1ccccc1)C(=O)CCN1C(=O)c2ccccc2C1=O. The summed E-state index contributed by atoms with van der Waals surface area (Å²) in [6, 6.07) is 14.7. The zero-order valence-electron chi connectivity index (χ0n) is 13.8. The molecule has 1 aliphatic rings. The Bertz CT molecular complexity index is 882. The number of Topliss-reactive ketones (excluding diaryl/α,β-unsaturated/α-hetero) is 1. The maximum atomic E-state index is 12.2. The monoisotopic (exact) mass is 349 g/mol. The Balaban J connectivity index is 1.58. The maximum absolute atomic E-state index is 12.2. The summed E-state index contributed by atoms with van der Waals surface area (Å²) in [5, 5.41) is 0. The van der Waals surface area contributed by atoms with Crippen LogP contribution in [0.2, 0.25) is 0 Å². The van der Waals surface area contributed by atoms with Gasteiger partial charge in [0.25, 0.3) is 11.8 Å². The van der Waals surface area contributed by atoms with Crippen molar-refractivity contribution in [1.82, 2.24) is 4.90 Å². The molecule has 130 valence electrons. The van der Waals surface area contributed by atoms with E-state index in [0.29, 0.717) is 16.7 Å². The first-order valence-corrected chi connectivity index (χ1v) is 7.93. The van der Waals surface area contributed by atoms with Crippen LogP contribution in [0.3, 0.4) is 0 Å². The molecule has 1 aliphatic heterocycles. The molecule has 0 spiro atoms. The van der Waals surface area contributed by atoms with Gasteiger partial charge in [-0.1, -0.05) is 36.9 Å². The number of hydrogen-bond donors (Lipinski definition) is 0. The molecule has 0 saturated carbocycles. The fraction of sp³-hybridized carbons (Fsp3) is 0.100. The molecule has 0 saturated heterocycles. The number of imide groups is 1. The molecule has 0 atom stereocenters. The Morgan fingerprint density at radius 1 is 0.885 bits per heavy atom. The smallest absolute Gasteiger partial charge is 0.343 e. The highest BCUT2D eigenvalue weighted by Crippen LogP contribution is 2.22. The van der Waals surface area contributed by atoms with Crippen molar-refractivity contribution in [2.75, 3.05) is 6.54 Å². The number of carbonyl (C=O) groups is 4. The van der Waals surface area contributed by atoms with Gasteiger partial charge in [0.15, 0.2) is 11.5 Å². The number of amides is 2. The lowest BCUT2D eigenvalue weighted by atomic mass is 10.1. The van der Waals surface area contributed by atoms with Gasteiger partial charge in [-0.3, -0.25) is 19.3 Å². The molecule has 0 aromatic heterocycles. The van der Waals surface area contributed by atoms with Crippen LogP contribution in [0.4, 0.5) is 0 Å².